The molecule has 0 saturated carbocycles. The van der Waals surface area contributed by atoms with Crippen molar-refractivity contribution in [3.05, 3.63) is 33.1 Å². The molecule has 0 spiro atoms. The van der Waals surface area contributed by atoms with Crippen molar-refractivity contribution < 1.29 is 13.7 Å². The van der Waals surface area contributed by atoms with Gasteiger partial charge in [-0.2, -0.15) is 10.5 Å². The van der Waals surface area contributed by atoms with E-state index in [2.05, 4.69) is 4.98 Å². The Kier molecular flexibility index (Phi) is 3.62. The Morgan fingerprint density at radius 1 is 1.53 bits per heavy atom. The first-order valence-electron chi connectivity index (χ1n) is 4.24. The number of halogens is 2. The van der Waals surface area contributed by atoms with Crippen molar-refractivity contribution in [2.45, 2.75) is 12.8 Å². The van der Waals surface area contributed by atoms with Crippen LogP contribution in [0.25, 0.3) is 0 Å². The Bertz CT molecular complexity index is 545. The summed E-state index contributed by atoms with van der Waals surface area (Å²) < 4.78 is 25.1. The molecule has 17 heavy (non-hydrogen) atoms. The molecule has 0 saturated heterocycles. The SMILES string of the molecule is N#CCc1c(C#N)ncc(C(F)F)c1[N+](=O)[O-]. The number of rotatable bonds is 3. The van der Waals surface area contributed by atoms with Crippen molar-refractivity contribution in [1.82, 2.24) is 4.98 Å². The molecule has 0 bridgehead atoms. The van der Waals surface area contributed by atoms with E-state index in [0.29, 0.717) is 6.20 Å². The zero-order chi connectivity index (χ0) is 13.0. The first-order valence-corrected chi connectivity index (χ1v) is 4.24. The van der Waals surface area contributed by atoms with Gasteiger partial charge in [-0.15, -0.1) is 0 Å². The predicted molar refractivity (Wildman–Crippen MR) is 49.9 cm³/mol. The van der Waals surface area contributed by atoms with E-state index < -0.39 is 29.0 Å². The second kappa shape index (κ2) is 4.94. The van der Waals surface area contributed by atoms with E-state index in [1.54, 1.807) is 6.07 Å². The standard InChI is InChI=1S/C9H4F2N4O2/c10-9(11)6-4-14-7(3-13)5(1-2-12)8(6)15(16)17/h4,9H,1H2. The van der Waals surface area contributed by atoms with Gasteiger partial charge < -0.3 is 0 Å². The van der Waals surface area contributed by atoms with E-state index in [9.17, 15) is 18.9 Å². The highest BCUT2D eigenvalue weighted by Gasteiger charge is 2.28. The lowest BCUT2D eigenvalue weighted by molar-refractivity contribution is -0.387. The van der Waals surface area contributed by atoms with Crippen LogP contribution in [0.15, 0.2) is 6.20 Å². The van der Waals surface area contributed by atoms with E-state index in [-0.39, 0.29) is 11.3 Å². The molecule has 0 aliphatic heterocycles. The van der Waals surface area contributed by atoms with Crippen LogP contribution >= 0.6 is 0 Å². The zero-order valence-corrected chi connectivity index (χ0v) is 8.22. The van der Waals surface area contributed by atoms with Gasteiger partial charge in [0, 0.05) is 6.20 Å². The molecule has 0 fully saturated rings. The minimum atomic E-state index is -3.09. The Labute approximate surface area is 93.9 Å². The molecule has 1 aromatic heterocycles. The first kappa shape index (κ1) is 12.5. The van der Waals surface area contributed by atoms with Crippen LogP contribution in [0.3, 0.4) is 0 Å². The third-order valence-electron chi connectivity index (χ3n) is 1.96. The lowest BCUT2D eigenvalue weighted by atomic mass is 10.1. The average Bonchev–Trinajstić information content (AvgIpc) is 2.28. The highest BCUT2D eigenvalue weighted by Crippen LogP contribution is 2.32. The fourth-order valence-corrected chi connectivity index (χ4v) is 1.28. The molecule has 0 aliphatic carbocycles. The maximum atomic E-state index is 12.5. The fraction of sp³-hybridized carbons (Fsp3) is 0.222. The van der Waals surface area contributed by atoms with Gasteiger partial charge in [0.1, 0.15) is 11.6 Å². The van der Waals surface area contributed by atoms with Crippen LogP contribution in [0.4, 0.5) is 14.5 Å². The van der Waals surface area contributed by atoms with E-state index >= 15 is 0 Å². The third-order valence-corrected chi connectivity index (χ3v) is 1.96. The molecule has 0 atom stereocenters. The normalized spacial score (nSPS) is 9.71. The number of hydrogen-bond donors (Lipinski definition) is 0. The van der Waals surface area contributed by atoms with E-state index in [1.807, 2.05) is 0 Å². The molecule has 1 rings (SSSR count). The number of pyridine rings is 1. The summed E-state index contributed by atoms with van der Waals surface area (Å²) in [6.07, 6.45) is -3.03. The van der Waals surface area contributed by atoms with Gasteiger partial charge in [0.25, 0.3) is 12.1 Å². The third kappa shape index (κ3) is 2.32. The number of alkyl halides is 2. The van der Waals surface area contributed by atoms with Crippen LogP contribution in [-0.2, 0) is 6.42 Å². The summed E-state index contributed by atoms with van der Waals surface area (Å²) in [6, 6.07) is 3.11. The lowest BCUT2D eigenvalue weighted by Gasteiger charge is -2.05. The van der Waals surface area contributed by atoms with Gasteiger partial charge in [0.05, 0.1) is 23.0 Å². The smallest absolute Gasteiger partial charge is 0.258 e. The van der Waals surface area contributed by atoms with Crippen LogP contribution in [0, 0.1) is 32.8 Å². The first-order chi connectivity index (χ1) is 8.02. The van der Waals surface area contributed by atoms with Crippen LogP contribution in [0.1, 0.15) is 23.2 Å². The van der Waals surface area contributed by atoms with Gasteiger partial charge in [0.2, 0.25) is 0 Å². The number of nitro groups is 1. The van der Waals surface area contributed by atoms with Crippen molar-refractivity contribution in [3.8, 4) is 12.1 Å². The van der Waals surface area contributed by atoms with Crippen molar-refractivity contribution >= 4 is 5.69 Å². The summed E-state index contributed by atoms with van der Waals surface area (Å²) in [5.74, 6) is 0. The topological polar surface area (TPSA) is 104 Å². The average molecular weight is 238 g/mol. The maximum Gasteiger partial charge on any atom is 0.287 e. The van der Waals surface area contributed by atoms with Crippen molar-refractivity contribution in [3.63, 3.8) is 0 Å². The van der Waals surface area contributed by atoms with Gasteiger partial charge in [0.15, 0.2) is 5.69 Å². The Hall–Kier alpha value is -2.61. The summed E-state index contributed by atoms with van der Waals surface area (Å²) >= 11 is 0. The minimum absolute atomic E-state index is 0.377. The van der Waals surface area contributed by atoms with Crippen LogP contribution < -0.4 is 0 Å². The van der Waals surface area contributed by atoms with Crippen LogP contribution in [0.5, 0.6) is 0 Å². The van der Waals surface area contributed by atoms with Gasteiger partial charge in [-0.05, 0) is 0 Å². The second-order valence-corrected chi connectivity index (χ2v) is 2.89. The maximum absolute atomic E-state index is 12.5. The Morgan fingerprint density at radius 2 is 2.18 bits per heavy atom. The predicted octanol–water partition coefficient (Wildman–Crippen LogP) is 1.87. The molecule has 0 radical (unpaired) electrons. The summed E-state index contributed by atoms with van der Waals surface area (Å²) in [7, 11) is 0. The Balaban J connectivity index is 3.61. The molecule has 0 aliphatic rings. The quantitative estimate of drug-likeness (QED) is 0.590. The largest absolute Gasteiger partial charge is 0.287 e. The molecule has 1 aromatic rings. The number of nitrogens with zero attached hydrogens (tertiary/aromatic N) is 4. The highest BCUT2D eigenvalue weighted by molar-refractivity contribution is 5.53. The molecule has 0 N–H and O–H groups in total. The molecule has 8 heteroatoms. The number of nitriles is 2. The molecule has 0 aromatic carbocycles. The molecule has 6 nitrogen and oxygen atoms in total. The van der Waals surface area contributed by atoms with E-state index in [0.717, 1.165) is 0 Å². The molecule has 0 unspecified atom stereocenters. The van der Waals surface area contributed by atoms with E-state index in [4.69, 9.17) is 10.5 Å². The molecule has 1 heterocycles. The molecular weight excluding hydrogens is 234 g/mol. The van der Waals surface area contributed by atoms with Crippen LogP contribution in [0.2, 0.25) is 0 Å². The summed E-state index contributed by atoms with van der Waals surface area (Å²) in [5, 5.41) is 27.8. The lowest BCUT2D eigenvalue weighted by Crippen LogP contribution is -2.05. The molecule has 0 amide bonds. The fourth-order valence-electron chi connectivity index (χ4n) is 1.28. The zero-order valence-electron chi connectivity index (χ0n) is 8.22. The van der Waals surface area contributed by atoms with Crippen molar-refractivity contribution in [2.24, 2.45) is 0 Å². The summed E-state index contributed by atoms with van der Waals surface area (Å²) in [4.78, 5) is 13.1. The minimum Gasteiger partial charge on any atom is -0.258 e. The van der Waals surface area contributed by atoms with Crippen molar-refractivity contribution in [1.29, 1.82) is 10.5 Å². The Morgan fingerprint density at radius 3 is 2.59 bits per heavy atom. The summed E-state index contributed by atoms with van der Waals surface area (Å²) in [6.45, 7) is 0. The van der Waals surface area contributed by atoms with E-state index in [1.165, 1.54) is 6.07 Å². The molecular formula is C9H4F2N4O2. The number of hydrogen-bond acceptors (Lipinski definition) is 5. The van der Waals surface area contributed by atoms with Gasteiger partial charge in [-0.3, -0.25) is 10.1 Å². The number of aromatic nitrogens is 1. The second-order valence-electron chi connectivity index (χ2n) is 2.89. The monoisotopic (exact) mass is 238 g/mol. The van der Waals surface area contributed by atoms with Gasteiger partial charge in [-0.25, -0.2) is 13.8 Å². The van der Waals surface area contributed by atoms with Gasteiger partial charge in [-0.1, -0.05) is 0 Å². The van der Waals surface area contributed by atoms with Gasteiger partial charge >= 0.3 is 0 Å². The van der Waals surface area contributed by atoms with Crippen LogP contribution in [-0.4, -0.2) is 9.91 Å². The molecule has 86 valence electrons. The van der Waals surface area contributed by atoms with Crippen molar-refractivity contribution in [2.75, 3.05) is 0 Å². The highest BCUT2D eigenvalue weighted by atomic mass is 19.3. The summed E-state index contributed by atoms with van der Waals surface area (Å²) in [5.41, 5.74) is -2.56.